The van der Waals surface area contributed by atoms with Crippen molar-refractivity contribution in [2.45, 2.75) is 19.1 Å². The zero-order valence-corrected chi connectivity index (χ0v) is 6.01. The van der Waals surface area contributed by atoms with Gasteiger partial charge in [0, 0.05) is 0 Å². The van der Waals surface area contributed by atoms with Crippen LogP contribution in [0, 0.1) is 0 Å². The molecule has 4 nitrogen and oxygen atoms in total. The molecule has 0 saturated heterocycles. The molecule has 0 rings (SSSR count). The number of nitrogens with two attached hydrogens (primary N) is 1. The predicted octanol–water partition coefficient (Wildman–Crippen LogP) is -0.0343. The maximum atomic E-state index is 11.4. The molecule has 0 amide bonds. The number of hydrogen-bond acceptors (Lipinski definition) is 4. The van der Waals surface area contributed by atoms with Crippen molar-refractivity contribution >= 4 is 11.9 Å². The fourth-order valence-corrected chi connectivity index (χ4v) is 0.242. The van der Waals surface area contributed by atoms with Crippen molar-refractivity contribution in [2.24, 2.45) is 5.73 Å². The van der Waals surface area contributed by atoms with Crippen molar-refractivity contribution in [2.75, 3.05) is 0 Å². The van der Waals surface area contributed by atoms with Gasteiger partial charge in [0.25, 0.3) is 0 Å². The number of ether oxygens (including phenoxy) is 1. The fourth-order valence-electron chi connectivity index (χ4n) is 0.242. The van der Waals surface area contributed by atoms with Crippen molar-refractivity contribution in [3.8, 4) is 0 Å². The van der Waals surface area contributed by atoms with Gasteiger partial charge >= 0.3 is 18.1 Å². The van der Waals surface area contributed by atoms with Crippen LogP contribution in [0.4, 0.5) is 13.2 Å². The molecule has 0 aromatic carbocycles. The van der Waals surface area contributed by atoms with Gasteiger partial charge in [-0.25, -0.2) is 9.59 Å². The van der Waals surface area contributed by atoms with Gasteiger partial charge in [0.1, 0.15) is 6.04 Å². The molecule has 0 heterocycles. The van der Waals surface area contributed by atoms with Crippen LogP contribution in [0.15, 0.2) is 0 Å². The SMILES string of the molecule is CC(N)C(=O)OC(=O)C(F)(F)F. The van der Waals surface area contributed by atoms with Crippen molar-refractivity contribution in [1.82, 2.24) is 0 Å². The molecule has 0 radical (unpaired) electrons. The third-order valence-corrected chi connectivity index (χ3v) is 0.797. The smallest absolute Gasteiger partial charge is 0.385 e. The van der Waals surface area contributed by atoms with Crippen LogP contribution < -0.4 is 5.73 Å². The van der Waals surface area contributed by atoms with Crippen molar-refractivity contribution in [3.05, 3.63) is 0 Å². The van der Waals surface area contributed by atoms with Crippen LogP contribution >= 0.6 is 0 Å². The van der Waals surface area contributed by atoms with Gasteiger partial charge in [-0.15, -0.1) is 0 Å². The standard InChI is InChI=1S/C5H6F3NO3/c1-2(9)3(10)12-4(11)5(6,7)8/h2H,9H2,1H3. The topological polar surface area (TPSA) is 69.4 Å². The minimum Gasteiger partial charge on any atom is -0.385 e. The molecule has 0 saturated carbocycles. The summed E-state index contributed by atoms with van der Waals surface area (Å²) >= 11 is 0. The van der Waals surface area contributed by atoms with Gasteiger partial charge < -0.3 is 10.5 Å². The Morgan fingerprint density at radius 2 is 1.83 bits per heavy atom. The quantitative estimate of drug-likeness (QED) is 0.460. The van der Waals surface area contributed by atoms with E-state index in [9.17, 15) is 22.8 Å². The van der Waals surface area contributed by atoms with E-state index in [-0.39, 0.29) is 0 Å². The minimum atomic E-state index is -5.16. The van der Waals surface area contributed by atoms with Gasteiger partial charge in [0.2, 0.25) is 0 Å². The van der Waals surface area contributed by atoms with Crippen LogP contribution in [0.25, 0.3) is 0 Å². The summed E-state index contributed by atoms with van der Waals surface area (Å²) in [4.78, 5) is 20.3. The summed E-state index contributed by atoms with van der Waals surface area (Å²) in [6, 6.07) is -1.25. The van der Waals surface area contributed by atoms with Crippen LogP contribution in [0.1, 0.15) is 6.92 Å². The van der Waals surface area contributed by atoms with Crippen molar-refractivity contribution in [3.63, 3.8) is 0 Å². The van der Waals surface area contributed by atoms with Crippen LogP contribution in [0.2, 0.25) is 0 Å². The lowest BCUT2D eigenvalue weighted by Crippen LogP contribution is -2.35. The highest BCUT2D eigenvalue weighted by Crippen LogP contribution is 2.16. The summed E-state index contributed by atoms with van der Waals surface area (Å²) in [6.07, 6.45) is -5.16. The lowest BCUT2D eigenvalue weighted by molar-refractivity contribution is -0.202. The van der Waals surface area contributed by atoms with E-state index in [0.717, 1.165) is 6.92 Å². The Labute approximate surface area is 65.5 Å². The number of alkyl halides is 3. The predicted molar refractivity (Wildman–Crippen MR) is 30.8 cm³/mol. The van der Waals surface area contributed by atoms with Gasteiger partial charge in [0.05, 0.1) is 0 Å². The molecule has 0 spiro atoms. The molecular weight excluding hydrogens is 179 g/mol. The van der Waals surface area contributed by atoms with Crippen molar-refractivity contribution in [1.29, 1.82) is 0 Å². The summed E-state index contributed by atoms with van der Waals surface area (Å²) < 4.78 is 37.6. The van der Waals surface area contributed by atoms with Gasteiger partial charge in [-0.2, -0.15) is 13.2 Å². The van der Waals surface area contributed by atoms with Crippen LogP contribution in [0.5, 0.6) is 0 Å². The number of hydrogen-bond donors (Lipinski definition) is 1. The molecule has 2 N–H and O–H groups in total. The van der Waals surface area contributed by atoms with E-state index in [2.05, 4.69) is 4.74 Å². The Morgan fingerprint density at radius 3 is 2.08 bits per heavy atom. The highest BCUT2D eigenvalue weighted by Gasteiger charge is 2.42. The van der Waals surface area contributed by atoms with E-state index in [1.807, 2.05) is 0 Å². The van der Waals surface area contributed by atoms with E-state index in [1.54, 1.807) is 0 Å². The zero-order chi connectivity index (χ0) is 9.94. The van der Waals surface area contributed by atoms with Gasteiger partial charge in [0.15, 0.2) is 0 Å². The van der Waals surface area contributed by atoms with E-state index < -0.39 is 24.2 Å². The number of carbonyl (C=O) groups excluding carboxylic acids is 2. The second-order valence-electron chi connectivity index (χ2n) is 1.99. The molecule has 0 bridgehead atoms. The monoisotopic (exact) mass is 185 g/mol. The largest absolute Gasteiger partial charge is 0.491 e. The van der Waals surface area contributed by atoms with E-state index in [0.29, 0.717) is 0 Å². The zero-order valence-electron chi connectivity index (χ0n) is 6.01. The average molecular weight is 185 g/mol. The molecule has 1 unspecified atom stereocenters. The molecule has 1 atom stereocenters. The second kappa shape index (κ2) is 3.53. The summed E-state index contributed by atoms with van der Waals surface area (Å²) in [6.45, 7) is 1.10. The van der Waals surface area contributed by atoms with E-state index in [1.165, 1.54) is 0 Å². The second-order valence-corrected chi connectivity index (χ2v) is 1.99. The highest BCUT2D eigenvalue weighted by atomic mass is 19.4. The molecule has 0 aliphatic carbocycles. The van der Waals surface area contributed by atoms with Gasteiger partial charge in [-0.05, 0) is 6.92 Å². The first-order chi connectivity index (χ1) is 5.25. The molecule has 12 heavy (non-hydrogen) atoms. The molecule has 0 aliphatic rings. The fraction of sp³-hybridized carbons (Fsp3) is 0.600. The lowest BCUT2D eigenvalue weighted by Gasteiger charge is -2.06. The summed E-state index contributed by atoms with van der Waals surface area (Å²) in [5.41, 5.74) is 4.83. The number of esters is 2. The maximum absolute atomic E-state index is 11.4. The lowest BCUT2D eigenvalue weighted by atomic mass is 10.4. The molecule has 7 heteroatoms. The molecule has 0 aromatic rings. The number of rotatable bonds is 1. The van der Waals surface area contributed by atoms with Crippen LogP contribution in [0.3, 0.4) is 0 Å². The van der Waals surface area contributed by atoms with Crippen LogP contribution in [-0.4, -0.2) is 24.2 Å². The maximum Gasteiger partial charge on any atom is 0.491 e. The highest BCUT2D eigenvalue weighted by molar-refractivity contribution is 5.90. The van der Waals surface area contributed by atoms with Crippen molar-refractivity contribution < 1.29 is 27.5 Å². The average Bonchev–Trinajstić information content (AvgIpc) is 1.85. The van der Waals surface area contributed by atoms with Crippen LogP contribution in [-0.2, 0) is 14.3 Å². The third-order valence-electron chi connectivity index (χ3n) is 0.797. The van der Waals surface area contributed by atoms with Gasteiger partial charge in [-0.3, -0.25) is 0 Å². The number of carbonyl (C=O) groups is 2. The normalized spacial score (nSPS) is 13.8. The Bertz CT molecular complexity index is 199. The van der Waals surface area contributed by atoms with E-state index >= 15 is 0 Å². The Morgan fingerprint density at radius 1 is 1.42 bits per heavy atom. The van der Waals surface area contributed by atoms with E-state index in [4.69, 9.17) is 5.73 Å². The molecular formula is C5H6F3NO3. The Balaban J connectivity index is 4.12. The Hall–Kier alpha value is -1.11. The first-order valence-electron chi connectivity index (χ1n) is 2.83. The first kappa shape index (κ1) is 10.9. The molecule has 70 valence electrons. The number of halogens is 3. The minimum absolute atomic E-state index is 1.10. The third kappa shape index (κ3) is 3.33. The first-order valence-corrected chi connectivity index (χ1v) is 2.83. The molecule has 0 aliphatic heterocycles. The molecule has 0 aromatic heterocycles. The summed E-state index contributed by atoms with van der Waals surface area (Å²) in [5.74, 6) is -3.96. The summed E-state index contributed by atoms with van der Waals surface area (Å²) in [5, 5.41) is 0. The molecule has 0 fully saturated rings. The van der Waals surface area contributed by atoms with Gasteiger partial charge in [-0.1, -0.05) is 0 Å². The Kier molecular flexibility index (Phi) is 3.20. The summed E-state index contributed by atoms with van der Waals surface area (Å²) in [7, 11) is 0.